The van der Waals surface area contributed by atoms with E-state index in [0.717, 1.165) is 5.56 Å². The Morgan fingerprint density at radius 3 is 2.65 bits per heavy atom. The average Bonchev–Trinajstić information content (AvgIpc) is 2.89. The first-order valence-electron chi connectivity index (χ1n) is 7.12. The van der Waals surface area contributed by atoms with Gasteiger partial charge in [-0.1, -0.05) is 18.2 Å². The first kappa shape index (κ1) is 15.3. The molecule has 1 aliphatic rings. The molecule has 0 unspecified atom stereocenters. The molecule has 1 aliphatic heterocycles. The van der Waals surface area contributed by atoms with Gasteiger partial charge in [0.2, 0.25) is 0 Å². The summed E-state index contributed by atoms with van der Waals surface area (Å²) in [7, 11) is 1.49. The van der Waals surface area contributed by atoms with Gasteiger partial charge < -0.3 is 19.7 Å². The third-order valence-corrected chi connectivity index (χ3v) is 3.78. The molecular formula is C18H16O5. The van der Waals surface area contributed by atoms with Crippen LogP contribution in [0.1, 0.15) is 22.3 Å². The highest BCUT2D eigenvalue weighted by molar-refractivity contribution is 6.25. The van der Waals surface area contributed by atoms with E-state index in [2.05, 4.69) is 0 Å². The number of esters is 1. The van der Waals surface area contributed by atoms with Crippen LogP contribution in [-0.2, 0) is 18.0 Å². The Balaban J connectivity index is 2.11. The minimum atomic E-state index is -0.415. The van der Waals surface area contributed by atoms with E-state index in [1.165, 1.54) is 7.11 Å². The van der Waals surface area contributed by atoms with Gasteiger partial charge in [0, 0.05) is 11.1 Å². The van der Waals surface area contributed by atoms with Gasteiger partial charge in [-0.25, -0.2) is 4.79 Å². The molecule has 23 heavy (non-hydrogen) atoms. The van der Waals surface area contributed by atoms with Gasteiger partial charge >= 0.3 is 5.97 Å². The highest BCUT2D eigenvalue weighted by atomic mass is 16.5. The summed E-state index contributed by atoms with van der Waals surface area (Å²) >= 11 is 0. The molecule has 2 N–H and O–H groups in total. The Labute approximate surface area is 133 Å². The number of rotatable bonds is 4. The number of ether oxygens (including phenoxy) is 2. The normalized spacial score (nSPS) is 14.7. The summed E-state index contributed by atoms with van der Waals surface area (Å²) in [6, 6.07) is 10.6. The van der Waals surface area contributed by atoms with Gasteiger partial charge in [-0.2, -0.15) is 0 Å². The molecule has 118 valence electrons. The lowest BCUT2D eigenvalue weighted by Crippen LogP contribution is -2.02. The predicted molar refractivity (Wildman–Crippen MR) is 84.8 cm³/mol. The van der Waals surface area contributed by atoms with E-state index in [0.29, 0.717) is 33.8 Å². The number of benzene rings is 2. The van der Waals surface area contributed by atoms with Gasteiger partial charge in [0.05, 0.1) is 25.9 Å². The molecule has 0 aromatic heterocycles. The molecule has 0 bridgehead atoms. The van der Waals surface area contributed by atoms with Crippen LogP contribution in [0.2, 0.25) is 0 Å². The number of aliphatic hydroxyl groups excluding tert-OH is 2. The van der Waals surface area contributed by atoms with E-state index < -0.39 is 5.97 Å². The first-order valence-corrected chi connectivity index (χ1v) is 7.12. The highest BCUT2D eigenvalue weighted by Gasteiger charge is 2.26. The van der Waals surface area contributed by atoms with Crippen molar-refractivity contribution in [2.45, 2.75) is 13.2 Å². The Bertz CT molecular complexity index is 767. The zero-order valence-electron chi connectivity index (χ0n) is 12.6. The summed E-state index contributed by atoms with van der Waals surface area (Å²) < 4.78 is 10.5. The van der Waals surface area contributed by atoms with Crippen molar-refractivity contribution in [2.75, 3.05) is 7.11 Å². The molecule has 0 spiro atoms. The first-order chi connectivity index (χ1) is 11.2. The second-order valence-electron chi connectivity index (χ2n) is 5.12. The molecule has 0 radical (unpaired) electrons. The van der Waals surface area contributed by atoms with Gasteiger partial charge in [-0.05, 0) is 35.4 Å². The molecule has 5 heteroatoms. The summed E-state index contributed by atoms with van der Waals surface area (Å²) in [6.45, 7) is -0.467. The highest BCUT2D eigenvalue weighted by Crippen LogP contribution is 2.36. The van der Waals surface area contributed by atoms with Crippen molar-refractivity contribution < 1.29 is 24.5 Å². The van der Waals surface area contributed by atoms with Crippen molar-refractivity contribution in [3.8, 4) is 11.5 Å². The van der Waals surface area contributed by atoms with Crippen molar-refractivity contribution in [1.29, 1.82) is 0 Å². The zero-order chi connectivity index (χ0) is 16.4. The Hall–Kier alpha value is -2.63. The molecule has 2 aromatic carbocycles. The van der Waals surface area contributed by atoms with E-state index in [4.69, 9.17) is 9.47 Å². The van der Waals surface area contributed by atoms with Gasteiger partial charge in [0.15, 0.2) is 0 Å². The lowest BCUT2D eigenvalue weighted by Gasteiger charge is -2.12. The minimum Gasteiger partial charge on any atom is -0.496 e. The monoisotopic (exact) mass is 312 g/mol. The molecule has 0 saturated heterocycles. The standard InChI is InChI=1S/C18H16O5/c1-22-17-8-11(6-12(9-19)15(17)10-20)7-14-13-4-2-3-5-16(13)23-18(14)21/h2-8,19-20H,9-10H2,1H3/b14-7+. The summed E-state index contributed by atoms with van der Waals surface area (Å²) in [5.74, 6) is 0.581. The molecule has 0 amide bonds. The van der Waals surface area contributed by atoms with E-state index in [1.807, 2.05) is 12.1 Å². The summed E-state index contributed by atoms with van der Waals surface area (Å²) in [4.78, 5) is 12.1. The van der Waals surface area contributed by atoms with Gasteiger partial charge in [0.25, 0.3) is 0 Å². The second kappa shape index (κ2) is 6.24. The van der Waals surface area contributed by atoms with E-state index in [-0.39, 0.29) is 13.2 Å². The Morgan fingerprint density at radius 2 is 1.96 bits per heavy atom. The number of carbonyl (C=O) groups excluding carboxylic acids is 1. The number of hydrogen-bond acceptors (Lipinski definition) is 5. The Kier molecular flexibility index (Phi) is 4.14. The molecule has 1 heterocycles. The van der Waals surface area contributed by atoms with Crippen LogP contribution in [0.15, 0.2) is 36.4 Å². The fraction of sp³-hybridized carbons (Fsp3) is 0.167. The summed E-state index contributed by atoms with van der Waals surface area (Å²) in [5, 5.41) is 18.9. The fourth-order valence-corrected chi connectivity index (χ4v) is 2.66. The molecule has 2 aromatic rings. The zero-order valence-corrected chi connectivity index (χ0v) is 12.6. The number of carbonyl (C=O) groups is 1. The quantitative estimate of drug-likeness (QED) is 0.514. The third-order valence-electron chi connectivity index (χ3n) is 3.78. The maximum Gasteiger partial charge on any atom is 0.344 e. The molecular weight excluding hydrogens is 296 g/mol. The second-order valence-corrected chi connectivity index (χ2v) is 5.12. The number of aliphatic hydroxyl groups is 2. The summed E-state index contributed by atoms with van der Waals surface area (Å²) in [6.07, 6.45) is 1.69. The van der Waals surface area contributed by atoms with E-state index in [9.17, 15) is 15.0 Å². The smallest absolute Gasteiger partial charge is 0.344 e. The number of fused-ring (bicyclic) bond motifs is 1. The maximum atomic E-state index is 12.1. The maximum absolute atomic E-state index is 12.1. The molecule has 3 rings (SSSR count). The minimum absolute atomic E-state index is 0.232. The average molecular weight is 312 g/mol. The van der Waals surface area contributed by atoms with Crippen LogP contribution >= 0.6 is 0 Å². The number of hydrogen-bond donors (Lipinski definition) is 2. The summed E-state index contributed by atoms with van der Waals surface area (Å²) in [5.41, 5.74) is 2.95. The Morgan fingerprint density at radius 1 is 1.17 bits per heavy atom. The lowest BCUT2D eigenvalue weighted by atomic mass is 9.99. The molecule has 0 saturated carbocycles. The number of para-hydroxylation sites is 1. The van der Waals surface area contributed by atoms with Crippen LogP contribution in [0.4, 0.5) is 0 Å². The van der Waals surface area contributed by atoms with Crippen LogP contribution in [0.25, 0.3) is 11.6 Å². The fourth-order valence-electron chi connectivity index (χ4n) is 2.66. The van der Waals surface area contributed by atoms with Gasteiger partial charge in [0.1, 0.15) is 11.5 Å². The topological polar surface area (TPSA) is 76.0 Å². The number of methoxy groups -OCH3 is 1. The SMILES string of the molecule is COc1cc(/C=C2/C(=O)Oc3ccccc32)cc(CO)c1CO. The van der Waals surface area contributed by atoms with Crippen LogP contribution in [0, 0.1) is 0 Å². The third kappa shape index (κ3) is 2.72. The van der Waals surface area contributed by atoms with Crippen LogP contribution in [-0.4, -0.2) is 23.3 Å². The van der Waals surface area contributed by atoms with Crippen molar-refractivity contribution >= 4 is 17.6 Å². The molecule has 0 aliphatic carbocycles. The van der Waals surface area contributed by atoms with Crippen molar-refractivity contribution in [1.82, 2.24) is 0 Å². The molecule has 5 nitrogen and oxygen atoms in total. The van der Waals surface area contributed by atoms with Crippen molar-refractivity contribution in [2.24, 2.45) is 0 Å². The van der Waals surface area contributed by atoms with Gasteiger partial charge in [-0.15, -0.1) is 0 Å². The van der Waals surface area contributed by atoms with Gasteiger partial charge in [-0.3, -0.25) is 0 Å². The molecule has 0 fully saturated rings. The molecule has 0 atom stereocenters. The van der Waals surface area contributed by atoms with Crippen LogP contribution in [0.3, 0.4) is 0 Å². The van der Waals surface area contributed by atoms with Crippen LogP contribution < -0.4 is 9.47 Å². The van der Waals surface area contributed by atoms with Crippen molar-refractivity contribution in [3.63, 3.8) is 0 Å². The lowest BCUT2D eigenvalue weighted by molar-refractivity contribution is -0.126. The van der Waals surface area contributed by atoms with E-state index >= 15 is 0 Å². The van der Waals surface area contributed by atoms with Crippen molar-refractivity contribution in [3.05, 3.63) is 58.7 Å². The largest absolute Gasteiger partial charge is 0.496 e. The van der Waals surface area contributed by atoms with E-state index in [1.54, 1.807) is 30.3 Å². The predicted octanol–water partition coefficient (Wildman–Crippen LogP) is 2.14. The van der Waals surface area contributed by atoms with Crippen LogP contribution in [0.5, 0.6) is 11.5 Å².